The van der Waals surface area contributed by atoms with Crippen molar-refractivity contribution in [3.05, 3.63) is 28.9 Å². The molecule has 0 saturated heterocycles. The van der Waals surface area contributed by atoms with Gasteiger partial charge >= 0.3 is 0 Å². The quantitative estimate of drug-likeness (QED) is 0.698. The van der Waals surface area contributed by atoms with Gasteiger partial charge in [0, 0.05) is 10.1 Å². The second kappa shape index (κ2) is 2.71. The molecule has 1 N–H and O–H groups in total. The number of rotatable bonds is 0. The minimum Gasteiger partial charge on any atom is -0.508 e. The predicted octanol–water partition coefficient (Wildman–Crippen LogP) is 2.62. The molecule has 2 aromatic rings. The van der Waals surface area contributed by atoms with Gasteiger partial charge in [0.15, 0.2) is 5.82 Å². The van der Waals surface area contributed by atoms with Crippen molar-refractivity contribution in [2.45, 2.75) is 0 Å². The highest BCUT2D eigenvalue weighted by molar-refractivity contribution is 7.19. The third-order valence-corrected chi connectivity index (χ3v) is 2.75. The summed E-state index contributed by atoms with van der Waals surface area (Å²) in [7, 11) is 0. The first-order valence-corrected chi connectivity index (χ1v) is 4.35. The number of phenolic OH excluding ortho intramolecular Hbond substituents is 1. The van der Waals surface area contributed by atoms with Crippen molar-refractivity contribution in [1.82, 2.24) is 0 Å². The molecule has 0 bridgehead atoms. The van der Waals surface area contributed by atoms with E-state index < -0.39 is 5.82 Å². The maximum Gasteiger partial charge on any atom is 0.159 e. The molecule has 0 aliphatic heterocycles. The predicted molar refractivity (Wildman–Crippen MR) is 48.2 cm³/mol. The summed E-state index contributed by atoms with van der Waals surface area (Å²) in [5, 5.41) is 18.0. The summed E-state index contributed by atoms with van der Waals surface area (Å²) in [5.41, 5.74) is 0. The highest BCUT2D eigenvalue weighted by Gasteiger charge is 2.11. The Morgan fingerprint density at radius 3 is 2.92 bits per heavy atom. The molecule has 1 heterocycles. The van der Waals surface area contributed by atoms with Gasteiger partial charge in [0.25, 0.3) is 0 Å². The topological polar surface area (TPSA) is 44.0 Å². The summed E-state index contributed by atoms with van der Waals surface area (Å²) in [6, 6.07) is 6.09. The van der Waals surface area contributed by atoms with Gasteiger partial charge in [0.05, 0.1) is 0 Å². The zero-order chi connectivity index (χ0) is 9.42. The first-order valence-electron chi connectivity index (χ1n) is 3.53. The van der Waals surface area contributed by atoms with Crippen LogP contribution in [0.3, 0.4) is 0 Å². The SMILES string of the molecule is N#Cc1sc2cc(O)ccc2c1F. The number of thiophene rings is 1. The third-order valence-electron chi connectivity index (χ3n) is 1.71. The fraction of sp³-hybridized carbons (Fsp3) is 0. The maximum absolute atomic E-state index is 13.3. The van der Waals surface area contributed by atoms with Gasteiger partial charge in [-0.3, -0.25) is 0 Å². The second-order valence-corrected chi connectivity index (χ2v) is 3.59. The van der Waals surface area contributed by atoms with Crippen molar-refractivity contribution in [2.24, 2.45) is 0 Å². The molecule has 0 fully saturated rings. The summed E-state index contributed by atoms with van der Waals surface area (Å²) in [5.74, 6) is -0.416. The number of hydrogen-bond acceptors (Lipinski definition) is 3. The minimum atomic E-state index is -0.498. The van der Waals surface area contributed by atoms with E-state index in [4.69, 9.17) is 10.4 Å². The van der Waals surface area contributed by atoms with E-state index in [2.05, 4.69) is 0 Å². The zero-order valence-corrected chi connectivity index (χ0v) is 7.23. The standard InChI is InChI=1S/C9H4FNOS/c10-9-6-2-1-5(12)3-7(6)13-8(9)4-11/h1-3,12H. The number of halogens is 1. The van der Waals surface area contributed by atoms with E-state index in [1.54, 1.807) is 6.07 Å². The van der Waals surface area contributed by atoms with Crippen molar-refractivity contribution < 1.29 is 9.50 Å². The fourth-order valence-corrected chi connectivity index (χ4v) is 2.04. The molecule has 4 heteroatoms. The van der Waals surface area contributed by atoms with Crippen LogP contribution < -0.4 is 0 Å². The lowest BCUT2D eigenvalue weighted by molar-refractivity contribution is 0.476. The van der Waals surface area contributed by atoms with E-state index in [-0.39, 0.29) is 10.6 Å². The molecule has 0 radical (unpaired) electrons. The maximum atomic E-state index is 13.3. The van der Waals surface area contributed by atoms with Gasteiger partial charge in [-0.25, -0.2) is 4.39 Å². The summed E-state index contributed by atoms with van der Waals surface area (Å²) in [6.45, 7) is 0. The molecule has 2 nitrogen and oxygen atoms in total. The highest BCUT2D eigenvalue weighted by Crippen LogP contribution is 2.31. The first kappa shape index (κ1) is 8.02. The van der Waals surface area contributed by atoms with Gasteiger partial charge in [-0.05, 0) is 18.2 Å². The number of hydrogen-bond donors (Lipinski definition) is 1. The van der Waals surface area contributed by atoms with Crippen molar-refractivity contribution in [2.75, 3.05) is 0 Å². The zero-order valence-electron chi connectivity index (χ0n) is 6.41. The van der Waals surface area contributed by atoms with Crippen LogP contribution in [-0.2, 0) is 0 Å². The molecular formula is C9H4FNOS. The van der Waals surface area contributed by atoms with Crippen LogP contribution in [0.15, 0.2) is 18.2 Å². The molecule has 2 rings (SSSR count). The van der Waals surface area contributed by atoms with Crippen molar-refractivity contribution in [1.29, 1.82) is 5.26 Å². The minimum absolute atomic E-state index is 0.0561. The average Bonchev–Trinajstić information content (AvgIpc) is 2.42. The van der Waals surface area contributed by atoms with Gasteiger partial charge in [-0.1, -0.05) is 0 Å². The molecule has 1 aromatic carbocycles. The van der Waals surface area contributed by atoms with E-state index in [0.29, 0.717) is 10.1 Å². The van der Waals surface area contributed by atoms with E-state index in [1.165, 1.54) is 18.2 Å². The Morgan fingerprint density at radius 2 is 2.23 bits per heavy atom. The van der Waals surface area contributed by atoms with Crippen molar-refractivity contribution in [3.63, 3.8) is 0 Å². The summed E-state index contributed by atoms with van der Waals surface area (Å²) < 4.78 is 13.9. The Balaban J connectivity index is 2.86. The van der Waals surface area contributed by atoms with Gasteiger partial charge < -0.3 is 5.11 Å². The number of nitriles is 1. The second-order valence-electron chi connectivity index (χ2n) is 2.54. The lowest BCUT2D eigenvalue weighted by Gasteiger charge is -1.90. The molecule has 13 heavy (non-hydrogen) atoms. The normalized spacial score (nSPS) is 10.2. The van der Waals surface area contributed by atoms with Crippen LogP contribution in [-0.4, -0.2) is 5.11 Å². The Morgan fingerprint density at radius 1 is 1.46 bits per heavy atom. The Bertz CT molecular complexity index is 512. The van der Waals surface area contributed by atoms with Gasteiger partial charge in [-0.2, -0.15) is 5.26 Å². The highest BCUT2D eigenvalue weighted by atomic mass is 32.1. The van der Waals surface area contributed by atoms with Crippen LogP contribution in [0.1, 0.15) is 4.88 Å². The van der Waals surface area contributed by atoms with Crippen molar-refractivity contribution in [3.8, 4) is 11.8 Å². The number of aromatic hydroxyl groups is 1. The van der Waals surface area contributed by atoms with Gasteiger partial charge in [0.2, 0.25) is 0 Å². The van der Waals surface area contributed by atoms with E-state index in [1.807, 2.05) is 0 Å². The molecule has 64 valence electrons. The number of benzene rings is 1. The van der Waals surface area contributed by atoms with Crippen LogP contribution in [0.25, 0.3) is 10.1 Å². The smallest absolute Gasteiger partial charge is 0.159 e. The number of fused-ring (bicyclic) bond motifs is 1. The van der Waals surface area contributed by atoms with Crippen LogP contribution >= 0.6 is 11.3 Å². The van der Waals surface area contributed by atoms with Crippen LogP contribution in [0, 0.1) is 17.1 Å². The summed E-state index contributed by atoms with van der Waals surface area (Å²) in [4.78, 5) is 0.0561. The molecule has 0 aliphatic carbocycles. The molecule has 0 amide bonds. The average molecular weight is 193 g/mol. The summed E-state index contributed by atoms with van der Waals surface area (Å²) in [6.07, 6.45) is 0. The Hall–Kier alpha value is -1.60. The molecule has 0 aliphatic rings. The molecule has 0 atom stereocenters. The molecule has 1 aromatic heterocycles. The number of nitrogens with zero attached hydrogens (tertiary/aromatic N) is 1. The molecule has 0 unspecified atom stereocenters. The lowest BCUT2D eigenvalue weighted by Crippen LogP contribution is -1.72. The van der Waals surface area contributed by atoms with Crippen molar-refractivity contribution >= 4 is 21.4 Å². The molecular weight excluding hydrogens is 189 g/mol. The van der Waals surface area contributed by atoms with E-state index >= 15 is 0 Å². The van der Waals surface area contributed by atoms with Gasteiger partial charge in [-0.15, -0.1) is 11.3 Å². The Labute approximate surface area is 77.5 Å². The van der Waals surface area contributed by atoms with Crippen LogP contribution in [0.4, 0.5) is 4.39 Å². The number of phenols is 1. The van der Waals surface area contributed by atoms with Crippen LogP contribution in [0.5, 0.6) is 5.75 Å². The summed E-state index contributed by atoms with van der Waals surface area (Å²) >= 11 is 1.04. The third kappa shape index (κ3) is 1.14. The lowest BCUT2D eigenvalue weighted by atomic mass is 10.2. The van der Waals surface area contributed by atoms with Crippen LogP contribution in [0.2, 0.25) is 0 Å². The molecule has 0 spiro atoms. The largest absolute Gasteiger partial charge is 0.508 e. The fourth-order valence-electron chi connectivity index (χ4n) is 1.13. The van der Waals surface area contributed by atoms with E-state index in [9.17, 15) is 4.39 Å². The monoisotopic (exact) mass is 193 g/mol. The Kier molecular flexibility index (Phi) is 1.67. The first-order chi connectivity index (χ1) is 6.22. The van der Waals surface area contributed by atoms with Gasteiger partial charge in [0.1, 0.15) is 16.7 Å². The molecule has 0 saturated carbocycles. The van der Waals surface area contributed by atoms with E-state index in [0.717, 1.165) is 11.3 Å².